The summed E-state index contributed by atoms with van der Waals surface area (Å²) in [6, 6.07) is 8.50. The van der Waals surface area contributed by atoms with Crippen LogP contribution in [0, 0.1) is 0 Å². The van der Waals surface area contributed by atoms with Gasteiger partial charge in [-0.15, -0.1) is 0 Å². The van der Waals surface area contributed by atoms with Crippen LogP contribution >= 0.6 is 0 Å². The number of fused-ring (bicyclic) bond motifs is 1. The summed E-state index contributed by atoms with van der Waals surface area (Å²) in [5.41, 5.74) is 3.41. The summed E-state index contributed by atoms with van der Waals surface area (Å²) in [7, 11) is 0. The predicted molar refractivity (Wildman–Crippen MR) is 91.8 cm³/mol. The van der Waals surface area contributed by atoms with Crippen molar-refractivity contribution in [1.82, 2.24) is 10.2 Å². The zero-order chi connectivity index (χ0) is 17.6. The minimum Gasteiger partial charge on any atom is -0.483 e. The molecule has 4 rings (SSSR count). The molecule has 8 heteroatoms. The number of hydrogen-bond donors (Lipinski definition) is 3. The van der Waals surface area contributed by atoms with E-state index in [1.165, 1.54) is 5.69 Å². The van der Waals surface area contributed by atoms with Gasteiger partial charge in [-0.2, -0.15) is 5.10 Å². The van der Waals surface area contributed by atoms with Crippen LogP contribution in [0.25, 0.3) is 0 Å². The van der Waals surface area contributed by atoms with Crippen LogP contribution in [0.3, 0.4) is 0 Å². The van der Waals surface area contributed by atoms with Gasteiger partial charge < -0.3 is 20.1 Å². The van der Waals surface area contributed by atoms with Crippen molar-refractivity contribution < 1.29 is 19.4 Å². The van der Waals surface area contributed by atoms with Crippen molar-refractivity contribution in [1.29, 1.82) is 0 Å². The third kappa shape index (κ3) is 3.80. The molecule has 0 aliphatic carbocycles. The van der Waals surface area contributed by atoms with E-state index in [-0.39, 0.29) is 18.3 Å². The second-order valence-corrected chi connectivity index (χ2v) is 5.80. The van der Waals surface area contributed by atoms with E-state index in [0.717, 1.165) is 43.2 Å². The largest absolute Gasteiger partial charge is 0.483 e. The van der Waals surface area contributed by atoms with E-state index in [9.17, 15) is 4.79 Å². The number of rotatable bonds is 2. The lowest BCUT2D eigenvalue weighted by Crippen LogP contribution is -2.36. The number of hydrogen-bond acceptors (Lipinski definition) is 5. The second kappa shape index (κ2) is 7.80. The van der Waals surface area contributed by atoms with Crippen molar-refractivity contribution in [2.24, 2.45) is 0 Å². The number of carboxylic acid groups (broad SMARTS) is 1. The lowest BCUT2D eigenvalue weighted by atomic mass is 9.87. The summed E-state index contributed by atoms with van der Waals surface area (Å²) in [5.74, 6) is 0.818. The highest BCUT2D eigenvalue weighted by Crippen LogP contribution is 2.36. The minimum absolute atomic E-state index is 0.0269. The number of nitrogens with zero attached hydrogens (tertiary/aromatic N) is 2. The van der Waals surface area contributed by atoms with Gasteiger partial charge in [0.05, 0.1) is 19.4 Å². The molecule has 0 bridgehead atoms. The Bertz CT molecular complexity index is 723. The molecule has 1 aromatic carbocycles. The number of benzene rings is 1. The summed E-state index contributed by atoms with van der Waals surface area (Å²) in [6.07, 6.45) is 2.26. The molecule has 132 valence electrons. The topological polar surface area (TPSA) is 108 Å². The number of carbonyl (C=O) groups is 2. The molecule has 8 nitrogen and oxygen atoms in total. The molecule has 0 saturated carbocycles. The van der Waals surface area contributed by atoms with Crippen LogP contribution in [-0.4, -0.2) is 54.0 Å². The number of aromatic nitrogens is 2. The number of carbonyl (C=O) groups excluding carboxylic acids is 1. The summed E-state index contributed by atoms with van der Waals surface area (Å²) >= 11 is 0. The molecule has 3 heterocycles. The fourth-order valence-electron chi connectivity index (χ4n) is 3.18. The molecular weight excluding hydrogens is 324 g/mol. The molecule has 1 saturated heterocycles. The van der Waals surface area contributed by atoms with Crippen molar-refractivity contribution in [3.8, 4) is 0 Å². The fraction of sp³-hybridized carbons (Fsp3) is 0.353. The fourth-order valence-corrected chi connectivity index (χ4v) is 3.18. The molecule has 2 aliphatic rings. The number of nitrogens with one attached hydrogen (secondary N) is 2. The van der Waals surface area contributed by atoms with Crippen LogP contribution in [-0.2, 0) is 14.3 Å². The number of morpholine rings is 1. The Kier molecular flexibility index (Phi) is 5.30. The average Bonchev–Trinajstić information content (AvgIpc) is 3.11. The normalized spacial score (nSPS) is 19.3. The van der Waals surface area contributed by atoms with Crippen molar-refractivity contribution in [3.05, 3.63) is 41.6 Å². The Balaban J connectivity index is 0.000000569. The van der Waals surface area contributed by atoms with Crippen LogP contribution in [0.4, 0.5) is 11.5 Å². The van der Waals surface area contributed by atoms with Gasteiger partial charge >= 0.3 is 0 Å². The standard InChI is InChI=1S/C16H18N4O2.CH2O2/c21-15-9-13(14-10-17-19-16(14)18-15)11-1-3-12(4-2-11)20-5-7-22-8-6-20;2-1-3/h1-4,10,13H,5-9H2,(H2,17,18,19,21);1H,(H,2,3). The Morgan fingerprint density at radius 1 is 1.24 bits per heavy atom. The Morgan fingerprint density at radius 2 is 1.92 bits per heavy atom. The van der Waals surface area contributed by atoms with Gasteiger partial charge in [0.2, 0.25) is 5.91 Å². The SMILES string of the molecule is O=C1CC(c2ccc(N3CCOCC3)cc2)c2cn[nH]c2N1.O=CO. The maximum atomic E-state index is 11.8. The van der Waals surface area contributed by atoms with Gasteiger partial charge in [0, 0.05) is 36.7 Å². The number of aromatic amines is 1. The highest BCUT2D eigenvalue weighted by atomic mass is 16.5. The Labute approximate surface area is 144 Å². The van der Waals surface area contributed by atoms with Crippen molar-refractivity contribution >= 4 is 23.9 Å². The molecule has 1 unspecified atom stereocenters. The zero-order valence-electron chi connectivity index (χ0n) is 13.6. The van der Waals surface area contributed by atoms with Gasteiger partial charge in [0.1, 0.15) is 5.82 Å². The van der Waals surface area contributed by atoms with Crippen molar-refractivity contribution in [2.45, 2.75) is 12.3 Å². The number of amides is 1. The average molecular weight is 344 g/mol. The first-order chi connectivity index (χ1) is 12.2. The van der Waals surface area contributed by atoms with E-state index in [1.807, 2.05) is 0 Å². The summed E-state index contributed by atoms with van der Waals surface area (Å²) in [5, 5.41) is 16.6. The van der Waals surface area contributed by atoms with Crippen molar-refractivity contribution in [2.75, 3.05) is 36.5 Å². The third-order valence-electron chi connectivity index (χ3n) is 4.37. The molecule has 25 heavy (non-hydrogen) atoms. The molecule has 1 atom stereocenters. The molecule has 0 spiro atoms. The Morgan fingerprint density at radius 3 is 2.60 bits per heavy atom. The van der Waals surface area contributed by atoms with Gasteiger partial charge in [-0.05, 0) is 17.7 Å². The number of H-pyrrole nitrogens is 1. The van der Waals surface area contributed by atoms with Crippen LogP contribution < -0.4 is 10.2 Å². The maximum absolute atomic E-state index is 11.8. The number of anilines is 2. The first-order valence-electron chi connectivity index (χ1n) is 8.06. The molecule has 1 aromatic heterocycles. The van der Waals surface area contributed by atoms with E-state index in [2.05, 4.69) is 44.7 Å². The van der Waals surface area contributed by atoms with Crippen LogP contribution in [0.5, 0.6) is 0 Å². The van der Waals surface area contributed by atoms with Crippen molar-refractivity contribution in [3.63, 3.8) is 0 Å². The molecule has 0 radical (unpaired) electrons. The smallest absolute Gasteiger partial charge is 0.290 e. The van der Waals surface area contributed by atoms with E-state index in [4.69, 9.17) is 14.6 Å². The van der Waals surface area contributed by atoms with Gasteiger partial charge in [0.25, 0.3) is 6.47 Å². The van der Waals surface area contributed by atoms with E-state index < -0.39 is 0 Å². The quantitative estimate of drug-likeness (QED) is 0.711. The summed E-state index contributed by atoms with van der Waals surface area (Å²) < 4.78 is 5.39. The maximum Gasteiger partial charge on any atom is 0.290 e. The molecule has 1 amide bonds. The lowest BCUT2D eigenvalue weighted by Gasteiger charge is -2.29. The monoisotopic (exact) mass is 344 g/mol. The lowest BCUT2D eigenvalue weighted by molar-refractivity contribution is -0.123. The second-order valence-electron chi connectivity index (χ2n) is 5.80. The van der Waals surface area contributed by atoms with Crippen LogP contribution in [0.1, 0.15) is 23.5 Å². The molecule has 2 aromatic rings. The minimum atomic E-state index is -0.250. The summed E-state index contributed by atoms with van der Waals surface area (Å²) in [6.45, 7) is 3.17. The molecule has 1 fully saturated rings. The van der Waals surface area contributed by atoms with Gasteiger partial charge in [-0.1, -0.05) is 12.1 Å². The van der Waals surface area contributed by atoms with E-state index >= 15 is 0 Å². The molecule has 2 aliphatic heterocycles. The van der Waals surface area contributed by atoms with Gasteiger partial charge in [-0.3, -0.25) is 14.7 Å². The first kappa shape index (κ1) is 17.0. The highest BCUT2D eigenvalue weighted by Gasteiger charge is 2.28. The van der Waals surface area contributed by atoms with Gasteiger partial charge in [-0.25, -0.2) is 0 Å². The number of ether oxygens (including phenoxy) is 1. The molecular formula is C17H20N4O4. The van der Waals surface area contributed by atoms with Crippen LogP contribution in [0.2, 0.25) is 0 Å². The van der Waals surface area contributed by atoms with Crippen LogP contribution in [0.15, 0.2) is 30.5 Å². The first-order valence-corrected chi connectivity index (χ1v) is 8.06. The highest BCUT2D eigenvalue weighted by molar-refractivity contribution is 5.94. The van der Waals surface area contributed by atoms with E-state index in [0.29, 0.717) is 6.42 Å². The third-order valence-corrected chi connectivity index (χ3v) is 4.37. The zero-order valence-corrected chi connectivity index (χ0v) is 13.6. The Hall–Kier alpha value is -2.87. The van der Waals surface area contributed by atoms with E-state index in [1.54, 1.807) is 6.20 Å². The molecule has 3 N–H and O–H groups in total. The summed E-state index contributed by atoms with van der Waals surface area (Å²) in [4.78, 5) is 22.5. The predicted octanol–water partition coefficient (Wildman–Crippen LogP) is 1.42. The van der Waals surface area contributed by atoms with Gasteiger partial charge in [0.15, 0.2) is 0 Å².